The molecule has 2 N–H and O–H groups in total. The molecular formula is C27H30F4N2O4. The lowest BCUT2D eigenvalue weighted by molar-refractivity contribution is -0.139. The van der Waals surface area contributed by atoms with Gasteiger partial charge in [-0.2, -0.15) is 8.78 Å². The minimum atomic E-state index is -3.57. The Balaban J connectivity index is 1.72. The molecule has 2 amide bonds. The van der Waals surface area contributed by atoms with Crippen molar-refractivity contribution in [1.29, 1.82) is 0 Å². The van der Waals surface area contributed by atoms with E-state index in [0.29, 0.717) is 0 Å². The van der Waals surface area contributed by atoms with Crippen LogP contribution in [0.2, 0.25) is 0 Å². The molecule has 0 aliphatic carbocycles. The Bertz CT molecular complexity index is 1070. The average molecular weight is 523 g/mol. The Morgan fingerprint density at radius 1 is 1.03 bits per heavy atom. The Hall–Kier alpha value is -3.40. The lowest BCUT2D eigenvalue weighted by Gasteiger charge is -2.24. The predicted molar refractivity (Wildman–Crippen MR) is 129 cm³/mol. The minimum Gasteiger partial charge on any atom is -0.481 e. The fourth-order valence-electron chi connectivity index (χ4n) is 4.20. The summed E-state index contributed by atoms with van der Waals surface area (Å²) in [5, 5.41) is 18.9. The van der Waals surface area contributed by atoms with E-state index >= 15 is 0 Å². The number of halogens is 4. The van der Waals surface area contributed by atoms with Crippen molar-refractivity contribution >= 4 is 12.0 Å². The van der Waals surface area contributed by atoms with Crippen LogP contribution < -0.4 is 0 Å². The molecule has 0 aromatic heterocycles. The highest BCUT2D eigenvalue weighted by Gasteiger charge is 2.40. The van der Waals surface area contributed by atoms with Crippen LogP contribution in [0.1, 0.15) is 36.8 Å². The quantitative estimate of drug-likeness (QED) is 0.277. The van der Waals surface area contributed by atoms with Crippen LogP contribution in [-0.2, 0) is 17.3 Å². The van der Waals surface area contributed by atoms with Gasteiger partial charge in [-0.1, -0.05) is 72.8 Å². The molecule has 10 heteroatoms. The molecule has 6 nitrogen and oxygen atoms in total. The molecule has 0 saturated carbocycles. The third kappa shape index (κ3) is 7.79. The van der Waals surface area contributed by atoms with E-state index < -0.39 is 55.3 Å². The van der Waals surface area contributed by atoms with Crippen LogP contribution in [0.3, 0.4) is 0 Å². The molecular weight excluding hydrogens is 492 g/mol. The van der Waals surface area contributed by atoms with Crippen molar-refractivity contribution in [2.24, 2.45) is 0 Å². The molecule has 0 radical (unpaired) electrons. The molecule has 2 aromatic rings. The van der Waals surface area contributed by atoms with E-state index in [2.05, 4.69) is 0 Å². The SMILES string of the molecule is O=C(O)CCC(F)(F)CCCN1C(=O)N(Cc2ccccc2)C[C@@H]1C=CC(O)C(F)(F)c1ccccc1. The number of aliphatic hydroxyl groups excluding tert-OH is 1. The van der Waals surface area contributed by atoms with Crippen LogP contribution in [-0.4, -0.2) is 63.2 Å². The number of nitrogens with zero attached hydrogens (tertiary/aromatic N) is 2. The summed E-state index contributed by atoms with van der Waals surface area (Å²) in [6, 6.07) is 14.8. The number of aliphatic carboxylic acids is 1. The molecule has 200 valence electrons. The Labute approximate surface area is 212 Å². The number of carbonyl (C=O) groups is 2. The van der Waals surface area contributed by atoms with Gasteiger partial charge in [0.1, 0.15) is 6.10 Å². The topological polar surface area (TPSA) is 81.1 Å². The van der Waals surface area contributed by atoms with E-state index in [-0.39, 0.29) is 31.6 Å². The van der Waals surface area contributed by atoms with E-state index in [4.69, 9.17) is 5.11 Å². The third-order valence-electron chi connectivity index (χ3n) is 6.23. The Morgan fingerprint density at radius 3 is 2.27 bits per heavy atom. The van der Waals surface area contributed by atoms with Crippen molar-refractivity contribution in [1.82, 2.24) is 9.80 Å². The number of hydrogen-bond donors (Lipinski definition) is 2. The maximum absolute atomic E-state index is 14.7. The van der Waals surface area contributed by atoms with Crippen LogP contribution in [0, 0.1) is 0 Å². The molecule has 0 spiro atoms. The van der Waals surface area contributed by atoms with Gasteiger partial charge in [-0.3, -0.25) is 4.79 Å². The van der Waals surface area contributed by atoms with E-state index in [1.54, 1.807) is 6.07 Å². The smallest absolute Gasteiger partial charge is 0.320 e. The van der Waals surface area contributed by atoms with Gasteiger partial charge in [-0.05, 0) is 12.0 Å². The van der Waals surface area contributed by atoms with Crippen molar-refractivity contribution in [2.45, 2.75) is 56.2 Å². The van der Waals surface area contributed by atoms with Crippen LogP contribution in [0.5, 0.6) is 0 Å². The monoisotopic (exact) mass is 522 g/mol. The minimum absolute atomic E-state index is 0.0764. The lowest BCUT2D eigenvalue weighted by Crippen LogP contribution is -2.36. The summed E-state index contributed by atoms with van der Waals surface area (Å²) < 4.78 is 57.5. The first kappa shape index (κ1) is 28.2. The number of urea groups is 1. The largest absolute Gasteiger partial charge is 0.481 e. The fraction of sp³-hybridized carbons (Fsp3) is 0.407. The van der Waals surface area contributed by atoms with E-state index in [0.717, 1.165) is 11.6 Å². The van der Waals surface area contributed by atoms with E-state index in [1.807, 2.05) is 30.3 Å². The van der Waals surface area contributed by atoms with Crippen molar-refractivity contribution in [3.05, 3.63) is 83.9 Å². The zero-order valence-electron chi connectivity index (χ0n) is 20.1. The van der Waals surface area contributed by atoms with Crippen molar-refractivity contribution in [3.8, 4) is 0 Å². The van der Waals surface area contributed by atoms with Gasteiger partial charge in [0.25, 0.3) is 0 Å². The van der Waals surface area contributed by atoms with Crippen LogP contribution >= 0.6 is 0 Å². The first-order valence-electron chi connectivity index (χ1n) is 12.0. The average Bonchev–Trinajstić information content (AvgIpc) is 3.16. The molecule has 1 unspecified atom stereocenters. The number of carbonyl (C=O) groups excluding carboxylic acids is 1. The number of aliphatic hydroxyl groups is 1. The number of carboxylic acids is 1. The van der Waals surface area contributed by atoms with Crippen molar-refractivity contribution < 1.29 is 37.4 Å². The molecule has 2 aromatic carbocycles. The summed E-state index contributed by atoms with van der Waals surface area (Å²) in [4.78, 5) is 26.5. The summed E-state index contributed by atoms with van der Waals surface area (Å²) in [5.41, 5.74) is 0.483. The summed E-state index contributed by atoms with van der Waals surface area (Å²) in [6.07, 6.45) is -2.10. The maximum atomic E-state index is 14.7. The molecule has 0 bridgehead atoms. The Morgan fingerprint density at radius 2 is 1.65 bits per heavy atom. The van der Waals surface area contributed by atoms with Gasteiger partial charge >= 0.3 is 17.9 Å². The van der Waals surface area contributed by atoms with Crippen LogP contribution in [0.25, 0.3) is 0 Å². The summed E-state index contributed by atoms with van der Waals surface area (Å²) in [5.74, 6) is -8.09. The first-order valence-corrected chi connectivity index (χ1v) is 12.0. The number of alkyl halides is 4. The second-order valence-electron chi connectivity index (χ2n) is 9.08. The molecule has 1 aliphatic rings. The molecule has 1 heterocycles. The maximum Gasteiger partial charge on any atom is 0.320 e. The number of hydrogen-bond acceptors (Lipinski definition) is 3. The van der Waals surface area contributed by atoms with Crippen LogP contribution in [0.15, 0.2) is 72.8 Å². The van der Waals surface area contributed by atoms with Gasteiger partial charge in [0.15, 0.2) is 0 Å². The first-order chi connectivity index (χ1) is 17.5. The van der Waals surface area contributed by atoms with Crippen molar-refractivity contribution in [2.75, 3.05) is 13.1 Å². The number of rotatable bonds is 13. The highest BCUT2D eigenvalue weighted by atomic mass is 19.3. The number of amides is 2. The van der Waals surface area contributed by atoms with Crippen molar-refractivity contribution in [3.63, 3.8) is 0 Å². The molecule has 1 fully saturated rings. The molecule has 37 heavy (non-hydrogen) atoms. The number of carboxylic acid groups (broad SMARTS) is 1. The van der Waals surface area contributed by atoms with Gasteiger partial charge < -0.3 is 20.0 Å². The van der Waals surface area contributed by atoms with E-state index in [1.165, 1.54) is 40.1 Å². The molecule has 3 rings (SSSR count). The third-order valence-corrected chi connectivity index (χ3v) is 6.23. The van der Waals surface area contributed by atoms with Gasteiger partial charge in [-0.25, -0.2) is 13.6 Å². The highest BCUT2D eigenvalue weighted by molar-refractivity contribution is 5.77. The molecule has 2 atom stereocenters. The van der Waals surface area contributed by atoms with Gasteiger partial charge in [-0.15, -0.1) is 0 Å². The fourth-order valence-corrected chi connectivity index (χ4v) is 4.20. The summed E-state index contributed by atoms with van der Waals surface area (Å²) >= 11 is 0. The van der Waals surface area contributed by atoms with Crippen LogP contribution in [0.4, 0.5) is 22.4 Å². The van der Waals surface area contributed by atoms with Gasteiger partial charge in [0.2, 0.25) is 5.92 Å². The zero-order chi connectivity index (χ0) is 27.1. The van der Waals surface area contributed by atoms with Gasteiger partial charge in [0, 0.05) is 38.0 Å². The van der Waals surface area contributed by atoms with E-state index in [9.17, 15) is 32.3 Å². The van der Waals surface area contributed by atoms with Gasteiger partial charge in [0.05, 0.1) is 12.5 Å². The highest BCUT2D eigenvalue weighted by Crippen LogP contribution is 2.33. The summed E-state index contributed by atoms with van der Waals surface area (Å²) in [7, 11) is 0. The second kappa shape index (κ2) is 12.2. The number of benzene rings is 2. The normalized spacial score (nSPS) is 17.5. The molecule has 1 saturated heterocycles. The Kier molecular flexibility index (Phi) is 9.31. The lowest BCUT2D eigenvalue weighted by atomic mass is 10.0. The second-order valence-corrected chi connectivity index (χ2v) is 9.08. The standard InChI is InChI=1S/C27H30F4N2O4/c28-26(29,16-14-24(35)36)15-7-17-33-22(19-32(25(33)37)18-20-8-3-1-4-9-20)12-13-23(34)27(30,31)21-10-5-2-6-11-21/h1-6,8-13,22-23,34H,7,14-19H2,(H,35,36)/t22-,23?/m0/s1. The predicted octanol–water partition coefficient (Wildman–Crippen LogP) is 5.28. The molecule has 1 aliphatic heterocycles. The zero-order valence-corrected chi connectivity index (χ0v) is 20.1. The summed E-state index contributed by atoms with van der Waals surface area (Å²) in [6.45, 7) is 0.300.